The Kier molecular flexibility index (Phi) is 5.56. The summed E-state index contributed by atoms with van der Waals surface area (Å²) in [5.74, 6) is 0.609. The van der Waals surface area contributed by atoms with Gasteiger partial charge in [0.2, 0.25) is 0 Å². The Balaban J connectivity index is 1.72. The van der Waals surface area contributed by atoms with Gasteiger partial charge in [0, 0.05) is 6.54 Å². The van der Waals surface area contributed by atoms with Gasteiger partial charge in [-0.05, 0) is 42.6 Å². The summed E-state index contributed by atoms with van der Waals surface area (Å²) in [6.45, 7) is 1.87. The maximum Gasteiger partial charge on any atom is 0.320 e. The molecular weight excluding hydrogens is 318 g/mol. The Morgan fingerprint density at radius 2 is 1.96 bits per heavy atom. The predicted octanol–water partition coefficient (Wildman–Crippen LogP) is 3.32. The van der Waals surface area contributed by atoms with Crippen LogP contribution in [0.1, 0.15) is 24.0 Å². The van der Waals surface area contributed by atoms with Crippen molar-refractivity contribution in [3.8, 4) is 11.5 Å². The SMILES string of the molecule is COc1ccc(CN2CCCC2C(=O)O)cc1OCc1ccccc1. The van der Waals surface area contributed by atoms with E-state index in [0.717, 1.165) is 24.1 Å². The number of rotatable bonds is 7. The molecule has 1 unspecified atom stereocenters. The van der Waals surface area contributed by atoms with E-state index in [-0.39, 0.29) is 0 Å². The molecule has 1 aliphatic rings. The van der Waals surface area contributed by atoms with E-state index in [9.17, 15) is 9.90 Å². The minimum Gasteiger partial charge on any atom is -0.493 e. The molecule has 1 aliphatic heterocycles. The third kappa shape index (κ3) is 4.31. The molecule has 0 aliphatic carbocycles. The Morgan fingerprint density at radius 3 is 2.68 bits per heavy atom. The minimum absolute atomic E-state index is 0.393. The van der Waals surface area contributed by atoms with E-state index in [1.807, 2.05) is 53.4 Å². The highest BCUT2D eigenvalue weighted by atomic mass is 16.5. The molecule has 1 fully saturated rings. The van der Waals surface area contributed by atoms with Crippen molar-refractivity contribution in [1.29, 1.82) is 0 Å². The van der Waals surface area contributed by atoms with Crippen LogP contribution in [0, 0.1) is 0 Å². The van der Waals surface area contributed by atoms with Crippen LogP contribution in [-0.2, 0) is 17.9 Å². The minimum atomic E-state index is -0.744. The van der Waals surface area contributed by atoms with E-state index in [4.69, 9.17) is 9.47 Å². The number of ether oxygens (including phenoxy) is 2. The number of aliphatic carboxylic acids is 1. The van der Waals surface area contributed by atoms with Crippen LogP contribution >= 0.6 is 0 Å². The molecule has 5 heteroatoms. The standard InChI is InChI=1S/C20H23NO4/c1-24-18-10-9-16(13-21-11-5-8-17(21)20(22)23)12-19(18)25-14-15-6-3-2-4-7-15/h2-4,6-7,9-10,12,17H,5,8,11,13-14H2,1H3,(H,22,23). The van der Waals surface area contributed by atoms with Gasteiger partial charge in [-0.3, -0.25) is 9.69 Å². The van der Waals surface area contributed by atoms with Crippen LogP contribution in [0.3, 0.4) is 0 Å². The van der Waals surface area contributed by atoms with E-state index in [2.05, 4.69) is 0 Å². The number of carbonyl (C=O) groups is 1. The predicted molar refractivity (Wildman–Crippen MR) is 94.8 cm³/mol. The first-order valence-corrected chi connectivity index (χ1v) is 8.48. The molecule has 132 valence electrons. The normalized spacial score (nSPS) is 17.4. The summed E-state index contributed by atoms with van der Waals surface area (Å²) in [5, 5.41) is 9.32. The summed E-state index contributed by atoms with van der Waals surface area (Å²) >= 11 is 0. The molecule has 2 aromatic carbocycles. The molecule has 1 atom stereocenters. The second-order valence-corrected chi connectivity index (χ2v) is 6.23. The molecular formula is C20H23NO4. The number of carboxylic acids is 1. The smallest absolute Gasteiger partial charge is 0.320 e. The number of methoxy groups -OCH3 is 1. The van der Waals surface area contributed by atoms with Gasteiger partial charge < -0.3 is 14.6 Å². The summed E-state index contributed by atoms with van der Waals surface area (Å²) < 4.78 is 11.3. The zero-order valence-corrected chi connectivity index (χ0v) is 14.4. The molecule has 1 N–H and O–H groups in total. The molecule has 3 rings (SSSR count). The van der Waals surface area contributed by atoms with Gasteiger partial charge >= 0.3 is 5.97 Å². The van der Waals surface area contributed by atoms with Gasteiger partial charge in [-0.25, -0.2) is 0 Å². The van der Waals surface area contributed by atoms with Crippen LogP contribution in [0.4, 0.5) is 0 Å². The highest BCUT2D eigenvalue weighted by molar-refractivity contribution is 5.73. The summed E-state index contributed by atoms with van der Waals surface area (Å²) in [4.78, 5) is 13.3. The molecule has 0 aromatic heterocycles. The van der Waals surface area contributed by atoms with Crippen molar-refractivity contribution in [2.75, 3.05) is 13.7 Å². The van der Waals surface area contributed by atoms with Crippen molar-refractivity contribution in [2.24, 2.45) is 0 Å². The van der Waals surface area contributed by atoms with Crippen molar-refractivity contribution in [1.82, 2.24) is 4.90 Å². The number of nitrogens with zero attached hydrogens (tertiary/aromatic N) is 1. The summed E-state index contributed by atoms with van der Waals surface area (Å²) in [7, 11) is 1.62. The maximum absolute atomic E-state index is 11.3. The zero-order chi connectivity index (χ0) is 17.6. The fourth-order valence-electron chi connectivity index (χ4n) is 3.20. The molecule has 5 nitrogen and oxygen atoms in total. The second-order valence-electron chi connectivity index (χ2n) is 6.23. The lowest BCUT2D eigenvalue weighted by molar-refractivity contribution is -0.142. The largest absolute Gasteiger partial charge is 0.493 e. The van der Waals surface area contributed by atoms with Crippen LogP contribution in [0.25, 0.3) is 0 Å². The lowest BCUT2D eigenvalue weighted by Crippen LogP contribution is -2.35. The molecule has 0 amide bonds. The van der Waals surface area contributed by atoms with Crippen molar-refractivity contribution >= 4 is 5.97 Å². The molecule has 0 bridgehead atoms. The first kappa shape index (κ1) is 17.3. The molecule has 25 heavy (non-hydrogen) atoms. The van der Waals surface area contributed by atoms with Crippen molar-refractivity contribution in [3.63, 3.8) is 0 Å². The Labute approximate surface area is 147 Å². The monoisotopic (exact) mass is 341 g/mol. The van der Waals surface area contributed by atoms with Crippen LogP contribution in [0.15, 0.2) is 48.5 Å². The molecule has 0 saturated carbocycles. The Morgan fingerprint density at radius 1 is 1.16 bits per heavy atom. The summed E-state index contributed by atoms with van der Waals surface area (Å²) in [6.07, 6.45) is 1.63. The second kappa shape index (κ2) is 8.03. The number of benzene rings is 2. The topological polar surface area (TPSA) is 59.0 Å². The third-order valence-electron chi connectivity index (χ3n) is 4.50. The fourth-order valence-corrected chi connectivity index (χ4v) is 3.20. The fraction of sp³-hybridized carbons (Fsp3) is 0.350. The van der Waals surface area contributed by atoms with Crippen molar-refractivity contribution < 1.29 is 19.4 Å². The Hall–Kier alpha value is -2.53. The van der Waals surface area contributed by atoms with Gasteiger partial charge in [-0.1, -0.05) is 36.4 Å². The average molecular weight is 341 g/mol. The number of carboxylic acid groups (broad SMARTS) is 1. The average Bonchev–Trinajstić information content (AvgIpc) is 3.09. The van der Waals surface area contributed by atoms with Crippen molar-refractivity contribution in [3.05, 3.63) is 59.7 Å². The molecule has 1 saturated heterocycles. The van der Waals surface area contributed by atoms with Gasteiger partial charge in [0.25, 0.3) is 0 Å². The summed E-state index contributed by atoms with van der Waals surface area (Å²) in [5.41, 5.74) is 2.11. The van der Waals surface area contributed by atoms with E-state index >= 15 is 0 Å². The Bertz CT molecular complexity index is 717. The van der Waals surface area contributed by atoms with Gasteiger partial charge in [0.05, 0.1) is 7.11 Å². The van der Waals surface area contributed by atoms with Crippen LogP contribution < -0.4 is 9.47 Å². The molecule has 0 spiro atoms. The number of hydrogen-bond donors (Lipinski definition) is 1. The van der Waals surface area contributed by atoms with E-state index in [0.29, 0.717) is 31.1 Å². The molecule has 0 radical (unpaired) electrons. The quantitative estimate of drug-likeness (QED) is 0.837. The van der Waals surface area contributed by atoms with Crippen LogP contribution in [-0.4, -0.2) is 35.7 Å². The van der Waals surface area contributed by atoms with E-state index in [1.165, 1.54) is 0 Å². The lowest BCUT2D eigenvalue weighted by Gasteiger charge is -2.21. The highest BCUT2D eigenvalue weighted by Gasteiger charge is 2.30. The lowest BCUT2D eigenvalue weighted by atomic mass is 10.1. The van der Waals surface area contributed by atoms with Crippen LogP contribution in [0.5, 0.6) is 11.5 Å². The van der Waals surface area contributed by atoms with Crippen molar-refractivity contribution in [2.45, 2.75) is 32.0 Å². The van der Waals surface area contributed by atoms with E-state index in [1.54, 1.807) is 7.11 Å². The number of likely N-dealkylation sites (tertiary alicyclic amines) is 1. The third-order valence-corrected chi connectivity index (χ3v) is 4.50. The molecule has 1 heterocycles. The number of hydrogen-bond acceptors (Lipinski definition) is 4. The zero-order valence-electron chi connectivity index (χ0n) is 14.4. The van der Waals surface area contributed by atoms with Crippen LogP contribution in [0.2, 0.25) is 0 Å². The van der Waals surface area contributed by atoms with E-state index < -0.39 is 12.0 Å². The molecule has 2 aromatic rings. The van der Waals surface area contributed by atoms with Gasteiger partial charge in [-0.15, -0.1) is 0 Å². The maximum atomic E-state index is 11.3. The highest BCUT2D eigenvalue weighted by Crippen LogP contribution is 2.30. The first-order chi connectivity index (χ1) is 12.2. The first-order valence-electron chi connectivity index (χ1n) is 8.48. The van der Waals surface area contributed by atoms with Gasteiger partial charge in [0.1, 0.15) is 12.6 Å². The summed E-state index contributed by atoms with van der Waals surface area (Å²) in [6, 6.07) is 15.3. The van der Waals surface area contributed by atoms with Gasteiger partial charge in [0.15, 0.2) is 11.5 Å². The van der Waals surface area contributed by atoms with Gasteiger partial charge in [-0.2, -0.15) is 0 Å².